The van der Waals surface area contributed by atoms with Gasteiger partial charge in [-0.05, 0) is 45.7 Å². The Kier molecular flexibility index (Phi) is 4.13. The third-order valence-corrected chi connectivity index (χ3v) is 4.31. The van der Waals surface area contributed by atoms with E-state index in [9.17, 15) is 9.59 Å². The third kappa shape index (κ3) is 2.68. The number of nitrogens with zero attached hydrogens (tertiary/aromatic N) is 2. The molecular weight excluding hydrogens is 308 g/mol. The fourth-order valence-electron chi connectivity index (χ4n) is 3.14. The van der Waals surface area contributed by atoms with Gasteiger partial charge in [-0.1, -0.05) is 23.4 Å². The maximum atomic E-state index is 12.8. The van der Waals surface area contributed by atoms with E-state index >= 15 is 0 Å². The number of para-hydroxylation sites is 1. The molecule has 1 aliphatic rings. The molecule has 3 rings (SSSR count). The molecule has 2 atom stereocenters. The number of benzene rings is 1. The van der Waals surface area contributed by atoms with Crippen LogP contribution < -0.4 is 4.90 Å². The predicted molar refractivity (Wildman–Crippen MR) is 87.9 cm³/mol. The molecule has 24 heavy (non-hydrogen) atoms. The minimum Gasteiger partial charge on any atom is -0.449 e. The minimum absolute atomic E-state index is 0.0371. The lowest BCUT2D eigenvalue weighted by molar-refractivity contribution is -0.126. The second-order valence-corrected chi connectivity index (χ2v) is 6.14. The maximum absolute atomic E-state index is 12.8. The number of aromatic nitrogens is 1. The molecule has 1 aromatic carbocycles. The molecule has 2 heterocycles. The Labute approximate surface area is 140 Å². The molecule has 6 heteroatoms. The van der Waals surface area contributed by atoms with E-state index in [-0.39, 0.29) is 17.5 Å². The monoisotopic (exact) mass is 328 g/mol. The summed E-state index contributed by atoms with van der Waals surface area (Å²) in [6.45, 7) is 6.88. The molecule has 0 bridgehead atoms. The van der Waals surface area contributed by atoms with E-state index in [1.165, 1.54) is 0 Å². The van der Waals surface area contributed by atoms with Crippen molar-refractivity contribution in [2.24, 2.45) is 0 Å². The largest absolute Gasteiger partial charge is 0.449 e. The molecule has 2 aromatic rings. The van der Waals surface area contributed by atoms with Gasteiger partial charge in [0.05, 0.1) is 5.69 Å². The van der Waals surface area contributed by atoms with Gasteiger partial charge in [0, 0.05) is 11.7 Å². The van der Waals surface area contributed by atoms with E-state index in [2.05, 4.69) is 5.16 Å². The smallest absolute Gasteiger partial charge is 0.344 e. The van der Waals surface area contributed by atoms with Gasteiger partial charge in [-0.15, -0.1) is 0 Å². The van der Waals surface area contributed by atoms with Gasteiger partial charge in [-0.25, -0.2) is 4.79 Å². The van der Waals surface area contributed by atoms with Crippen LogP contribution in [0.1, 0.15) is 41.2 Å². The van der Waals surface area contributed by atoms with Crippen molar-refractivity contribution in [2.45, 2.75) is 46.3 Å². The molecule has 0 radical (unpaired) electrons. The highest BCUT2D eigenvalue weighted by molar-refractivity contribution is 6.01. The molecule has 0 aliphatic carbocycles. The second-order valence-electron chi connectivity index (χ2n) is 6.14. The van der Waals surface area contributed by atoms with Crippen LogP contribution in [0.5, 0.6) is 0 Å². The van der Waals surface area contributed by atoms with Crippen molar-refractivity contribution >= 4 is 17.6 Å². The van der Waals surface area contributed by atoms with Crippen LogP contribution in [0.4, 0.5) is 5.69 Å². The first-order valence-corrected chi connectivity index (χ1v) is 7.95. The molecule has 126 valence electrons. The number of carbonyl (C=O) groups excluding carboxylic acids is 2. The SMILES string of the molecule is Cc1noc(C)c1C(=O)OC(C)C(=O)N1c2ccccc2CC1C. The van der Waals surface area contributed by atoms with Crippen LogP contribution in [0.3, 0.4) is 0 Å². The van der Waals surface area contributed by atoms with Gasteiger partial charge < -0.3 is 14.2 Å². The number of hydrogen-bond donors (Lipinski definition) is 0. The minimum atomic E-state index is -0.889. The zero-order valence-corrected chi connectivity index (χ0v) is 14.2. The summed E-state index contributed by atoms with van der Waals surface area (Å²) >= 11 is 0. The van der Waals surface area contributed by atoms with E-state index in [1.54, 1.807) is 25.7 Å². The first kappa shape index (κ1) is 16.2. The highest BCUT2D eigenvalue weighted by atomic mass is 16.5. The fourth-order valence-corrected chi connectivity index (χ4v) is 3.14. The van der Waals surface area contributed by atoms with Crippen LogP contribution in [-0.2, 0) is 16.0 Å². The number of aryl methyl sites for hydroxylation is 2. The van der Waals surface area contributed by atoms with Gasteiger partial charge in [-0.3, -0.25) is 4.79 Å². The standard InChI is InChI=1S/C18H20N2O4/c1-10-9-14-7-5-6-8-15(14)20(10)17(21)13(4)23-18(22)16-11(2)19-24-12(16)3/h5-8,10,13H,9H2,1-4H3. The highest BCUT2D eigenvalue weighted by Gasteiger charge is 2.35. The molecule has 0 spiro atoms. The molecule has 0 saturated carbocycles. The third-order valence-electron chi connectivity index (χ3n) is 4.31. The summed E-state index contributed by atoms with van der Waals surface area (Å²) in [5.41, 5.74) is 2.75. The van der Waals surface area contributed by atoms with Crippen LogP contribution in [-0.4, -0.2) is 29.2 Å². The molecule has 0 N–H and O–H groups in total. The Balaban J connectivity index is 1.77. The number of amides is 1. The number of rotatable bonds is 3. The van der Waals surface area contributed by atoms with E-state index in [1.807, 2.05) is 31.2 Å². The van der Waals surface area contributed by atoms with Crippen molar-refractivity contribution in [3.05, 3.63) is 46.8 Å². The molecule has 2 unspecified atom stereocenters. The Morgan fingerprint density at radius 3 is 2.71 bits per heavy atom. The number of anilines is 1. The van der Waals surface area contributed by atoms with Crippen molar-refractivity contribution in [3.63, 3.8) is 0 Å². The highest BCUT2D eigenvalue weighted by Crippen LogP contribution is 2.32. The van der Waals surface area contributed by atoms with Crippen LogP contribution in [0.2, 0.25) is 0 Å². The van der Waals surface area contributed by atoms with E-state index < -0.39 is 12.1 Å². The van der Waals surface area contributed by atoms with Crippen LogP contribution in [0.15, 0.2) is 28.8 Å². The first-order chi connectivity index (χ1) is 11.4. The summed E-state index contributed by atoms with van der Waals surface area (Å²) in [4.78, 5) is 26.8. The lowest BCUT2D eigenvalue weighted by atomic mass is 10.1. The van der Waals surface area contributed by atoms with E-state index in [4.69, 9.17) is 9.26 Å². The van der Waals surface area contributed by atoms with Crippen LogP contribution >= 0.6 is 0 Å². The average Bonchev–Trinajstić information content (AvgIpc) is 3.05. The number of fused-ring (bicyclic) bond motifs is 1. The first-order valence-electron chi connectivity index (χ1n) is 7.95. The second kappa shape index (κ2) is 6.11. The van der Waals surface area contributed by atoms with Crippen molar-refractivity contribution in [3.8, 4) is 0 Å². The number of hydrogen-bond acceptors (Lipinski definition) is 5. The predicted octanol–water partition coefficient (Wildman–Crippen LogP) is 2.81. The Bertz CT molecular complexity index is 777. The van der Waals surface area contributed by atoms with Gasteiger partial charge in [0.2, 0.25) is 0 Å². The van der Waals surface area contributed by atoms with Crippen molar-refractivity contribution in [2.75, 3.05) is 4.90 Å². The lowest BCUT2D eigenvalue weighted by Gasteiger charge is -2.25. The fraction of sp³-hybridized carbons (Fsp3) is 0.389. The zero-order chi connectivity index (χ0) is 17.4. The van der Waals surface area contributed by atoms with Crippen LogP contribution in [0.25, 0.3) is 0 Å². The molecule has 1 aromatic heterocycles. The van der Waals surface area contributed by atoms with E-state index in [0.29, 0.717) is 11.5 Å². The summed E-state index contributed by atoms with van der Waals surface area (Å²) in [5, 5.41) is 3.74. The number of carbonyl (C=O) groups is 2. The van der Waals surface area contributed by atoms with Crippen molar-refractivity contribution < 1.29 is 18.8 Å². The topological polar surface area (TPSA) is 72.6 Å². The summed E-state index contributed by atoms with van der Waals surface area (Å²) in [6, 6.07) is 7.83. The Morgan fingerprint density at radius 1 is 1.33 bits per heavy atom. The van der Waals surface area contributed by atoms with Gasteiger partial charge in [0.25, 0.3) is 5.91 Å². The van der Waals surface area contributed by atoms with Gasteiger partial charge in [0.1, 0.15) is 11.3 Å². The number of esters is 1. The molecule has 0 saturated heterocycles. The van der Waals surface area contributed by atoms with Crippen molar-refractivity contribution in [1.82, 2.24) is 5.16 Å². The zero-order valence-electron chi connectivity index (χ0n) is 14.2. The van der Waals surface area contributed by atoms with Gasteiger partial charge >= 0.3 is 5.97 Å². The summed E-state index contributed by atoms with van der Waals surface area (Å²) < 4.78 is 10.3. The van der Waals surface area contributed by atoms with Crippen LogP contribution in [0, 0.1) is 13.8 Å². The molecule has 6 nitrogen and oxygen atoms in total. The summed E-state index contributed by atoms with van der Waals surface area (Å²) in [5.74, 6) is -0.433. The normalized spacial score (nSPS) is 17.5. The summed E-state index contributed by atoms with van der Waals surface area (Å²) in [7, 11) is 0. The quantitative estimate of drug-likeness (QED) is 0.810. The Hall–Kier alpha value is -2.63. The van der Waals surface area contributed by atoms with Crippen molar-refractivity contribution in [1.29, 1.82) is 0 Å². The Morgan fingerprint density at radius 2 is 2.04 bits per heavy atom. The lowest BCUT2D eigenvalue weighted by Crippen LogP contribution is -2.43. The molecule has 0 fully saturated rings. The van der Waals surface area contributed by atoms with Gasteiger partial charge in [0.15, 0.2) is 6.10 Å². The molecule has 1 aliphatic heterocycles. The average molecular weight is 328 g/mol. The molecule has 1 amide bonds. The summed E-state index contributed by atoms with van der Waals surface area (Å²) in [6.07, 6.45) is -0.0910. The molecular formula is C18H20N2O4. The van der Waals surface area contributed by atoms with Gasteiger partial charge in [-0.2, -0.15) is 0 Å². The maximum Gasteiger partial charge on any atom is 0.344 e. The number of ether oxygens (including phenoxy) is 1. The van der Waals surface area contributed by atoms with E-state index in [0.717, 1.165) is 17.7 Å².